The lowest BCUT2D eigenvalue weighted by Crippen LogP contribution is -2.12. The molecule has 0 amide bonds. The highest BCUT2D eigenvalue weighted by atomic mass is 16.4. The Morgan fingerprint density at radius 2 is 1.05 bits per heavy atom. The second-order valence-corrected chi connectivity index (χ2v) is 6.36. The highest BCUT2D eigenvalue weighted by molar-refractivity contribution is 5.67. The van der Waals surface area contributed by atoms with Gasteiger partial charge < -0.3 is 15.3 Å². The summed E-state index contributed by atoms with van der Waals surface area (Å²) in [6, 6.07) is 0. The molecule has 132 valence electrons. The number of hydrogen-bond acceptors (Lipinski definition) is 3. The Balaban J connectivity index is 3.07. The topological polar surface area (TPSA) is 77.8 Å². The summed E-state index contributed by atoms with van der Waals surface area (Å²) in [4.78, 5) is 10.4. The van der Waals surface area contributed by atoms with Crippen LogP contribution in [0.5, 0.6) is 0 Å². The molecule has 0 spiro atoms. The van der Waals surface area contributed by atoms with Gasteiger partial charge in [-0.2, -0.15) is 0 Å². The summed E-state index contributed by atoms with van der Waals surface area (Å²) in [5.41, 5.74) is 0. The molecule has 0 saturated carbocycles. The zero-order valence-corrected chi connectivity index (χ0v) is 14.1. The van der Waals surface area contributed by atoms with Crippen molar-refractivity contribution in [3.8, 4) is 0 Å². The van der Waals surface area contributed by atoms with Gasteiger partial charge in [0, 0.05) is 6.61 Å². The van der Waals surface area contributed by atoms with Crippen molar-refractivity contribution in [3.63, 3.8) is 0 Å². The largest absolute Gasteiger partial charge is 0.481 e. The molecular weight excluding hydrogens is 280 g/mol. The molecule has 4 heteroatoms. The first-order chi connectivity index (χ1) is 10.7. The van der Waals surface area contributed by atoms with E-state index < -0.39 is 12.1 Å². The van der Waals surface area contributed by atoms with E-state index in [4.69, 9.17) is 10.2 Å². The van der Waals surface area contributed by atoms with E-state index in [0.29, 0.717) is 13.0 Å². The van der Waals surface area contributed by atoms with Gasteiger partial charge in [-0.15, -0.1) is 0 Å². The first kappa shape index (κ1) is 21.4. The lowest BCUT2D eigenvalue weighted by atomic mass is 10.0. The highest BCUT2D eigenvalue weighted by Gasteiger charge is 2.08. The number of carboxylic acid groups (broad SMARTS) is 1. The first-order valence-corrected chi connectivity index (χ1v) is 9.17. The van der Waals surface area contributed by atoms with Crippen LogP contribution in [0.15, 0.2) is 0 Å². The van der Waals surface area contributed by atoms with Crippen LogP contribution in [0, 0.1) is 0 Å². The van der Waals surface area contributed by atoms with Crippen molar-refractivity contribution in [2.75, 3.05) is 6.61 Å². The van der Waals surface area contributed by atoms with Crippen LogP contribution >= 0.6 is 0 Å². The molecule has 0 unspecified atom stereocenters. The molecule has 3 N–H and O–H groups in total. The quantitative estimate of drug-likeness (QED) is 0.350. The van der Waals surface area contributed by atoms with Crippen molar-refractivity contribution in [1.82, 2.24) is 0 Å². The van der Waals surface area contributed by atoms with Crippen molar-refractivity contribution in [2.24, 2.45) is 0 Å². The van der Waals surface area contributed by atoms with Gasteiger partial charge in [0.1, 0.15) is 0 Å². The van der Waals surface area contributed by atoms with Crippen molar-refractivity contribution < 1.29 is 20.1 Å². The molecule has 0 heterocycles. The minimum Gasteiger partial charge on any atom is -0.481 e. The number of carbonyl (C=O) groups is 1. The maximum atomic E-state index is 10.4. The summed E-state index contributed by atoms with van der Waals surface area (Å²) in [5.74, 6) is -0.916. The van der Waals surface area contributed by atoms with Crippen LogP contribution in [-0.2, 0) is 4.79 Å². The predicted octanol–water partition coefficient (Wildman–Crippen LogP) is 4.28. The molecule has 0 aliphatic carbocycles. The van der Waals surface area contributed by atoms with E-state index >= 15 is 0 Å². The predicted molar refractivity (Wildman–Crippen MR) is 90.0 cm³/mol. The highest BCUT2D eigenvalue weighted by Crippen LogP contribution is 2.13. The fourth-order valence-corrected chi connectivity index (χ4v) is 2.74. The molecule has 0 rings (SSSR count). The molecule has 0 fully saturated rings. The Kier molecular flexibility index (Phi) is 16.3. The summed E-state index contributed by atoms with van der Waals surface area (Å²) in [6.07, 6.45) is 15.6. The summed E-state index contributed by atoms with van der Waals surface area (Å²) >= 11 is 0. The average Bonchev–Trinajstić information content (AvgIpc) is 2.47. The monoisotopic (exact) mass is 316 g/mol. The summed E-state index contributed by atoms with van der Waals surface area (Å²) in [5, 5.41) is 26.6. The van der Waals surface area contributed by atoms with Crippen molar-refractivity contribution in [3.05, 3.63) is 0 Å². The lowest BCUT2D eigenvalue weighted by Gasteiger charge is -2.07. The van der Waals surface area contributed by atoms with Crippen LogP contribution in [0.3, 0.4) is 0 Å². The van der Waals surface area contributed by atoms with Crippen LogP contribution < -0.4 is 0 Å². The molecule has 0 aromatic carbocycles. The Bertz CT molecular complexity index is 243. The SMILES string of the molecule is O=C(O)C[C@H](O)CCCCCCCCCCCCCCCO. The maximum Gasteiger partial charge on any atom is 0.305 e. The second-order valence-electron chi connectivity index (χ2n) is 6.36. The van der Waals surface area contributed by atoms with E-state index in [2.05, 4.69) is 0 Å². The normalized spacial score (nSPS) is 12.5. The third-order valence-electron chi connectivity index (χ3n) is 4.11. The number of aliphatic hydroxyl groups excluding tert-OH is 2. The fourth-order valence-electron chi connectivity index (χ4n) is 2.74. The van der Waals surface area contributed by atoms with Crippen molar-refractivity contribution in [1.29, 1.82) is 0 Å². The first-order valence-electron chi connectivity index (χ1n) is 9.17. The van der Waals surface area contributed by atoms with Crippen LogP contribution in [0.25, 0.3) is 0 Å². The molecule has 4 nitrogen and oxygen atoms in total. The number of carboxylic acids is 1. The van der Waals surface area contributed by atoms with Crippen LogP contribution in [0.2, 0.25) is 0 Å². The molecule has 0 aliphatic heterocycles. The van der Waals surface area contributed by atoms with E-state index in [1.54, 1.807) is 0 Å². The molecule has 0 aromatic heterocycles. The Hall–Kier alpha value is -0.610. The van der Waals surface area contributed by atoms with Gasteiger partial charge in [-0.05, 0) is 12.8 Å². The van der Waals surface area contributed by atoms with Gasteiger partial charge in [-0.3, -0.25) is 4.79 Å². The van der Waals surface area contributed by atoms with Gasteiger partial charge in [-0.1, -0.05) is 77.0 Å². The van der Waals surface area contributed by atoms with Crippen molar-refractivity contribution >= 4 is 5.97 Å². The Labute approximate surface area is 135 Å². The average molecular weight is 316 g/mol. The van der Waals surface area contributed by atoms with E-state index in [0.717, 1.165) is 25.7 Å². The second kappa shape index (κ2) is 16.8. The number of rotatable bonds is 17. The zero-order chi connectivity index (χ0) is 16.5. The molecule has 22 heavy (non-hydrogen) atoms. The van der Waals surface area contributed by atoms with Crippen LogP contribution in [0.4, 0.5) is 0 Å². The molecule has 0 bridgehead atoms. The maximum absolute atomic E-state index is 10.4. The number of unbranched alkanes of at least 4 members (excludes halogenated alkanes) is 12. The number of hydrogen-bond donors (Lipinski definition) is 3. The zero-order valence-electron chi connectivity index (χ0n) is 14.1. The van der Waals surface area contributed by atoms with Crippen LogP contribution in [0.1, 0.15) is 96.3 Å². The van der Waals surface area contributed by atoms with Gasteiger partial charge in [-0.25, -0.2) is 0 Å². The van der Waals surface area contributed by atoms with E-state index in [1.807, 2.05) is 0 Å². The van der Waals surface area contributed by atoms with E-state index in [-0.39, 0.29) is 6.42 Å². The number of aliphatic hydroxyl groups is 2. The fraction of sp³-hybridized carbons (Fsp3) is 0.944. The molecule has 0 radical (unpaired) electrons. The van der Waals surface area contributed by atoms with Gasteiger partial charge in [0.2, 0.25) is 0 Å². The third kappa shape index (κ3) is 17.4. The van der Waals surface area contributed by atoms with E-state index in [1.165, 1.54) is 57.8 Å². The summed E-state index contributed by atoms with van der Waals surface area (Å²) in [6.45, 7) is 0.332. The Morgan fingerprint density at radius 1 is 0.682 bits per heavy atom. The van der Waals surface area contributed by atoms with E-state index in [9.17, 15) is 9.90 Å². The van der Waals surface area contributed by atoms with Crippen LogP contribution in [-0.4, -0.2) is 34.0 Å². The molecule has 0 aliphatic rings. The van der Waals surface area contributed by atoms with Crippen molar-refractivity contribution in [2.45, 2.75) is 102 Å². The Morgan fingerprint density at radius 3 is 1.41 bits per heavy atom. The summed E-state index contributed by atoms with van der Waals surface area (Å²) < 4.78 is 0. The molecule has 0 saturated heterocycles. The summed E-state index contributed by atoms with van der Waals surface area (Å²) in [7, 11) is 0. The minimum absolute atomic E-state index is 0.125. The number of aliphatic carboxylic acids is 1. The standard InChI is InChI=1S/C18H36O4/c19-15-13-11-9-7-5-3-1-2-4-6-8-10-12-14-17(20)16-18(21)22/h17,19-20H,1-16H2,(H,21,22)/t17-/m1/s1. The van der Waals surface area contributed by atoms with Gasteiger partial charge in [0.25, 0.3) is 0 Å². The molecular formula is C18H36O4. The van der Waals surface area contributed by atoms with Gasteiger partial charge in [0.05, 0.1) is 12.5 Å². The van der Waals surface area contributed by atoms with Gasteiger partial charge in [0.15, 0.2) is 0 Å². The molecule has 1 atom stereocenters. The third-order valence-corrected chi connectivity index (χ3v) is 4.11. The van der Waals surface area contributed by atoms with Gasteiger partial charge >= 0.3 is 5.97 Å². The minimum atomic E-state index is -0.916. The smallest absolute Gasteiger partial charge is 0.305 e. The lowest BCUT2D eigenvalue weighted by molar-refractivity contribution is -0.139. The molecule has 0 aromatic rings.